The van der Waals surface area contributed by atoms with Gasteiger partial charge in [0.25, 0.3) is 0 Å². The molecule has 3 rings (SSSR count). The van der Waals surface area contributed by atoms with E-state index in [9.17, 15) is 0 Å². The van der Waals surface area contributed by atoms with Gasteiger partial charge in [-0.1, -0.05) is 71.8 Å². The molecule has 0 aliphatic carbocycles. The number of nitrogens with one attached hydrogen (secondary N) is 1. The molecule has 0 saturated heterocycles. The van der Waals surface area contributed by atoms with Gasteiger partial charge in [0.1, 0.15) is 6.61 Å². The normalized spacial score (nSPS) is 11.9. The largest absolute Gasteiger partial charge is 0.493 e. The average molecular weight is 396 g/mol. The quantitative estimate of drug-likeness (QED) is 0.500. The third-order valence-corrected chi connectivity index (χ3v) is 5.06. The zero-order chi connectivity index (χ0) is 19.9. The van der Waals surface area contributed by atoms with Gasteiger partial charge >= 0.3 is 0 Å². The highest BCUT2D eigenvalue weighted by atomic mass is 35.5. The topological polar surface area (TPSA) is 30.5 Å². The summed E-state index contributed by atoms with van der Waals surface area (Å²) in [6.45, 7) is 5.32. The van der Waals surface area contributed by atoms with Gasteiger partial charge in [-0.05, 0) is 36.6 Å². The third-order valence-electron chi connectivity index (χ3n) is 4.71. The number of hydrogen-bond acceptors (Lipinski definition) is 3. The Morgan fingerprint density at radius 1 is 0.964 bits per heavy atom. The lowest BCUT2D eigenvalue weighted by Crippen LogP contribution is -2.18. The van der Waals surface area contributed by atoms with Crippen LogP contribution in [0.25, 0.3) is 0 Å². The van der Waals surface area contributed by atoms with Crippen LogP contribution in [0, 0.1) is 6.92 Å². The highest BCUT2D eigenvalue weighted by molar-refractivity contribution is 6.31. The van der Waals surface area contributed by atoms with Crippen LogP contribution in [0.5, 0.6) is 11.5 Å². The maximum absolute atomic E-state index is 6.52. The van der Waals surface area contributed by atoms with Crippen molar-refractivity contribution in [2.24, 2.45) is 0 Å². The first kappa shape index (κ1) is 20.2. The Bertz CT molecular complexity index is 912. The number of halogens is 1. The standard InChI is InChI=1S/C24H26ClNO2/c1-17-8-7-9-19(12-17)16-28-24-14-22(25)21(13-23(24)27-3)15-26-18(2)20-10-5-4-6-11-20/h4-14,18,26H,15-16H2,1-3H3. The number of rotatable bonds is 8. The molecule has 3 aromatic carbocycles. The first-order valence-corrected chi connectivity index (χ1v) is 9.77. The van der Waals surface area contributed by atoms with E-state index in [-0.39, 0.29) is 6.04 Å². The smallest absolute Gasteiger partial charge is 0.163 e. The summed E-state index contributed by atoms with van der Waals surface area (Å²) in [5.41, 5.74) is 4.54. The molecular weight excluding hydrogens is 370 g/mol. The van der Waals surface area contributed by atoms with E-state index in [1.54, 1.807) is 7.11 Å². The van der Waals surface area contributed by atoms with Gasteiger partial charge in [-0.25, -0.2) is 0 Å². The van der Waals surface area contributed by atoms with Crippen LogP contribution < -0.4 is 14.8 Å². The molecule has 0 radical (unpaired) electrons. The monoisotopic (exact) mass is 395 g/mol. The molecule has 0 aromatic heterocycles. The molecule has 4 heteroatoms. The number of ether oxygens (including phenoxy) is 2. The van der Waals surface area contributed by atoms with Crippen LogP contribution in [-0.2, 0) is 13.2 Å². The zero-order valence-electron chi connectivity index (χ0n) is 16.5. The maximum Gasteiger partial charge on any atom is 0.163 e. The van der Waals surface area contributed by atoms with Crippen molar-refractivity contribution in [2.45, 2.75) is 33.0 Å². The highest BCUT2D eigenvalue weighted by Gasteiger charge is 2.12. The predicted molar refractivity (Wildman–Crippen MR) is 115 cm³/mol. The van der Waals surface area contributed by atoms with E-state index in [2.05, 4.69) is 43.4 Å². The van der Waals surface area contributed by atoms with Crippen molar-refractivity contribution in [3.05, 3.63) is 94.0 Å². The molecule has 0 bridgehead atoms. The van der Waals surface area contributed by atoms with Gasteiger partial charge in [0.15, 0.2) is 11.5 Å². The van der Waals surface area contributed by atoms with Gasteiger partial charge in [-0.3, -0.25) is 0 Å². The molecule has 0 amide bonds. The van der Waals surface area contributed by atoms with Gasteiger partial charge in [0, 0.05) is 23.7 Å². The molecule has 3 nitrogen and oxygen atoms in total. The number of benzene rings is 3. The second-order valence-electron chi connectivity index (χ2n) is 6.89. The van der Waals surface area contributed by atoms with E-state index < -0.39 is 0 Å². The van der Waals surface area contributed by atoms with Crippen LogP contribution in [0.15, 0.2) is 66.7 Å². The first-order chi connectivity index (χ1) is 13.6. The molecule has 28 heavy (non-hydrogen) atoms. The molecule has 146 valence electrons. The van der Waals surface area contributed by atoms with Crippen molar-refractivity contribution in [1.29, 1.82) is 0 Å². The molecule has 0 heterocycles. The van der Waals surface area contributed by atoms with Crippen molar-refractivity contribution in [3.63, 3.8) is 0 Å². The molecule has 0 aliphatic heterocycles. The molecule has 1 N–H and O–H groups in total. The molecule has 1 atom stereocenters. The van der Waals surface area contributed by atoms with E-state index in [4.69, 9.17) is 21.1 Å². The summed E-state index contributed by atoms with van der Waals surface area (Å²) in [5.74, 6) is 1.33. The van der Waals surface area contributed by atoms with Crippen LogP contribution in [0.3, 0.4) is 0 Å². The van der Waals surface area contributed by atoms with Gasteiger partial charge in [-0.15, -0.1) is 0 Å². The van der Waals surface area contributed by atoms with Crippen LogP contribution >= 0.6 is 11.6 Å². The lowest BCUT2D eigenvalue weighted by molar-refractivity contribution is 0.284. The minimum Gasteiger partial charge on any atom is -0.493 e. The minimum atomic E-state index is 0.223. The van der Waals surface area contributed by atoms with E-state index in [0.717, 1.165) is 11.1 Å². The second kappa shape index (κ2) is 9.63. The summed E-state index contributed by atoms with van der Waals surface area (Å²) < 4.78 is 11.5. The van der Waals surface area contributed by atoms with E-state index in [1.807, 2.05) is 42.5 Å². The fourth-order valence-corrected chi connectivity index (χ4v) is 3.29. The van der Waals surface area contributed by atoms with Gasteiger partial charge < -0.3 is 14.8 Å². The molecular formula is C24H26ClNO2. The maximum atomic E-state index is 6.52. The zero-order valence-corrected chi connectivity index (χ0v) is 17.3. The summed E-state index contributed by atoms with van der Waals surface area (Å²) in [5, 5.41) is 4.17. The van der Waals surface area contributed by atoms with Crippen molar-refractivity contribution in [3.8, 4) is 11.5 Å². The lowest BCUT2D eigenvalue weighted by atomic mass is 10.1. The van der Waals surface area contributed by atoms with Crippen LogP contribution in [0.2, 0.25) is 5.02 Å². The minimum absolute atomic E-state index is 0.223. The molecule has 0 spiro atoms. The van der Waals surface area contributed by atoms with Gasteiger partial charge in [0.05, 0.1) is 7.11 Å². The first-order valence-electron chi connectivity index (χ1n) is 9.40. The van der Waals surface area contributed by atoms with Crippen molar-refractivity contribution >= 4 is 11.6 Å². The molecule has 0 saturated carbocycles. The SMILES string of the molecule is COc1cc(CNC(C)c2ccccc2)c(Cl)cc1OCc1cccc(C)c1. The summed E-state index contributed by atoms with van der Waals surface area (Å²) in [7, 11) is 1.65. The van der Waals surface area contributed by atoms with Crippen molar-refractivity contribution in [1.82, 2.24) is 5.32 Å². The van der Waals surface area contributed by atoms with E-state index in [0.29, 0.717) is 29.7 Å². The number of aryl methyl sites for hydroxylation is 1. The molecule has 3 aromatic rings. The van der Waals surface area contributed by atoms with Gasteiger partial charge in [-0.2, -0.15) is 0 Å². The Balaban J connectivity index is 1.68. The Morgan fingerprint density at radius 3 is 2.46 bits per heavy atom. The summed E-state index contributed by atoms with van der Waals surface area (Å²) in [6.07, 6.45) is 0. The van der Waals surface area contributed by atoms with Crippen LogP contribution in [-0.4, -0.2) is 7.11 Å². The fourth-order valence-electron chi connectivity index (χ4n) is 3.07. The van der Waals surface area contributed by atoms with Crippen molar-refractivity contribution < 1.29 is 9.47 Å². The van der Waals surface area contributed by atoms with Crippen LogP contribution in [0.1, 0.15) is 35.2 Å². The molecule has 0 fully saturated rings. The Labute approximate surface area is 172 Å². The summed E-state index contributed by atoms with van der Waals surface area (Å²) in [4.78, 5) is 0. The Morgan fingerprint density at radius 2 is 1.75 bits per heavy atom. The van der Waals surface area contributed by atoms with Crippen LogP contribution in [0.4, 0.5) is 0 Å². The average Bonchev–Trinajstić information content (AvgIpc) is 2.72. The number of methoxy groups -OCH3 is 1. The molecule has 1 unspecified atom stereocenters. The third kappa shape index (κ3) is 5.28. The van der Waals surface area contributed by atoms with E-state index in [1.165, 1.54) is 11.1 Å². The highest BCUT2D eigenvalue weighted by Crippen LogP contribution is 2.34. The lowest BCUT2D eigenvalue weighted by Gasteiger charge is -2.17. The number of hydrogen-bond donors (Lipinski definition) is 1. The summed E-state index contributed by atoms with van der Waals surface area (Å²) >= 11 is 6.52. The fraction of sp³-hybridized carbons (Fsp3) is 0.250. The Kier molecular flexibility index (Phi) is 6.96. The molecule has 0 aliphatic rings. The Hall–Kier alpha value is -2.49. The van der Waals surface area contributed by atoms with E-state index >= 15 is 0 Å². The van der Waals surface area contributed by atoms with Gasteiger partial charge in [0.2, 0.25) is 0 Å². The summed E-state index contributed by atoms with van der Waals surface area (Å²) in [6, 6.07) is 22.6. The predicted octanol–water partition coefficient (Wildman–Crippen LogP) is 6.09. The second-order valence-corrected chi connectivity index (χ2v) is 7.29. The van der Waals surface area contributed by atoms with Crippen molar-refractivity contribution in [2.75, 3.05) is 7.11 Å².